The number of aromatic nitrogens is 2. The van der Waals surface area contributed by atoms with Gasteiger partial charge in [0.1, 0.15) is 18.1 Å². The highest BCUT2D eigenvalue weighted by Gasteiger charge is 2.44. The minimum absolute atomic E-state index is 0.131. The first-order valence-corrected chi connectivity index (χ1v) is 25.6. The Hall–Kier alpha value is -5.58. The summed E-state index contributed by atoms with van der Waals surface area (Å²) in [4.78, 5) is 82.3. The third kappa shape index (κ3) is 10.5. The van der Waals surface area contributed by atoms with Crippen LogP contribution in [0.3, 0.4) is 0 Å². The van der Waals surface area contributed by atoms with E-state index in [4.69, 9.17) is 14.5 Å². The maximum atomic E-state index is 14.8. The second-order valence-corrected chi connectivity index (χ2v) is 21.5. The van der Waals surface area contributed by atoms with E-state index in [-0.39, 0.29) is 42.8 Å². The Morgan fingerprint density at radius 2 is 1.81 bits per heavy atom. The van der Waals surface area contributed by atoms with Crippen LogP contribution in [0.2, 0.25) is 0 Å². The molecule has 16 heteroatoms. The smallest absolute Gasteiger partial charge is 0.324 e. The summed E-state index contributed by atoms with van der Waals surface area (Å²) in [5, 5.41) is 5.76. The fourth-order valence-corrected chi connectivity index (χ4v) is 11.4. The van der Waals surface area contributed by atoms with Crippen LogP contribution in [0.5, 0.6) is 0 Å². The molecule has 5 aliphatic rings. The number of piperidine rings is 1. The molecule has 7 heterocycles. The van der Waals surface area contributed by atoms with Gasteiger partial charge in [-0.05, 0) is 104 Å². The van der Waals surface area contributed by atoms with Gasteiger partial charge in [0.2, 0.25) is 11.8 Å². The van der Waals surface area contributed by atoms with Crippen LogP contribution in [-0.2, 0) is 41.6 Å². The van der Waals surface area contributed by atoms with Crippen molar-refractivity contribution in [2.45, 2.75) is 123 Å². The van der Waals surface area contributed by atoms with Crippen molar-refractivity contribution >= 4 is 46.2 Å². The van der Waals surface area contributed by atoms with Gasteiger partial charge in [0, 0.05) is 87.5 Å². The summed E-state index contributed by atoms with van der Waals surface area (Å²) in [5.74, 6) is -1.43. The van der Waals surface area contributed by atoms with Gasteiger partial charge in [0.15, 0.2) is 0 Å². The number of likely N-dealkylation sites (tertiary alicyclic amines) is 1. The second kappa shape index (κ2) is 21.0. The van der Waals surface area contributed by atoms with E-state index in [2.05, 4.69) is 91.7 Å². The first-order valence-electron chi connectivity index (χ1n) is 25.6. The Bertz CT molecular complexity index is 2500. The maximum Gasteiger partial charge on any atom is 0.324 e. The summed E-state index contributed by atoms with van der Waals surface area (Å²) >= 11 is 0. The number of cyclic esters (lactones) is 1. The summed E-state index contributed by atoms with van der Waals surface area (Å²) < 4.78 is 14.8. The summed E-state index contributed by atoms with van der Waals surface area (Å²) in [6.45, 7) is 23.2. The predicted molar refractivity (Wildman–Crippen MR) is 270 cm³/mol. The van der Waals surface area contributed by atoms with Crippen molar-refractivity contribution < 1.29 is 33.4 Å². The quantitative estimate of drug-likeness (QED) is 0.203. The van der Waals surface area contributed by atoms with Crippen molar-refractivity contribution in [1.82, 2.24) is 44.9 Å². The van der Waals surface area contributed by atoms with Gasteiger partial charge in [-0.2, -0.15) is 0 Å². The average Bonchev–Trinajstić information content (AvgIpc) is 3.65. The zero-order chi connectivity index (χ0) is 50.1. The number of nitrogens with one attached hydrogen (secondary N) is 2. The van der Waals surface area contributed by atoms with Gasteiger partial charge in [-0.25, -0.2) is 10.2 Å². The number of nitrogens with zero attached hydrogens (tertiary/aromatic N) is 7. The van der Waals surface area contributed by atoms with Crippen LogP contribution in [0.15, 0.2) is 55.3 Å². The van der Waals surface area contributed by atoms with E-state index < -0.39 is 41.0 Å². The first kappa shape index (κ1) is 50.8. The van der Waals surface area contributed by atoms with E-state index in [1.807, 2.05) is 26.1 Å². The fourth-order valence-electron chi connectivity index (χ4n) is 11.4. The lowest BCUT2D eigenvalue weighted by atomic mass is 9.83. The Balaban J connectivity index is 1.08. The van der Waals surface area contributed by atoms with Crippen LogP contribution < -0.4 is 10.7 Å². The number of morpholine rings is 1. The van der Waals surface area contributed by atoms with Gasteiger partial charge in [0.05, 0.1) is 36.7 Å². The molecule has 3 fully saturated rings. The molecule has 5 aliphatic heterocycles. The van der Waals surface area contributed by atoms with Gasteiger partial charge in [-0.15, -0.1) is 0 Å². The van der Waals surface area contributed by atoms with Crippen molar-refractivity contribution in [1.29, 1.82) is 0 Å². The van der Waals surface area contributed by atoms with Crippen molar-refractivity contribution in [3.8, 4) is 11.3 Å². The Kier molecular flexibility index (Phi) is 15.3. The molecule has 378 valence electrons. The van der Waals surface area contributed by atoms with Gasteiger partial charge >= 0.3 is 12.0 Å². The molecule has 3 saturated heterocycles. The monoisotopic (exact) mass is 962 g/mol. The zero-order valence-electron chi connectivity index (χ0n) is 42.7. The van der Waals surface area contributed by atoms with Crippen LogP contribution in [-0.4, -0.2) is 160 Å². The molecule has 16 nitrogen and oxygen atoms in total. The molecule has 1 spiro atoms. The highest BCUT2D eigenvalue weighted by molar-refractivity contribution is 5.95. The van der Waals surface area contributed by atoms with Crippen molar-refractivity contribution in [3.05, 3.63) is 72.1 Å². The van der Waals surface area contributed by atoms with E-state index in [0.717, 1.165) is 52.0 Å². The molecule has 6 bridgehead atoms. The lowest BCUT2D eigenvalue weighted by Crippen LogP contribution is -2.64. The molecule has 2 aromatic heterocycles. The zero-order valence-corrected chi connectivity index (χ0v) is 42.7. The molecule has 3 aromatic rings. The second-order valence-electron chi connectivity index (χ2n) is 21.5. The largest absolute Gasteiger partial charge is 0.464 e. The number of hydrogen-bond donors (Lipinski definition) is 2. The van der Waals surface area contributed by atoms with E-state index in [1.54, 1.807) is 16.8 Å². The number of carbonyl (C=O) groups is 5. The minimum atomic E-state index is -0.999. The molecular formula is C54H75N9O7. The van der Waals surface area contributed by atoms with Gasteiger partial charge in [-0.1, -0.05) is 60.3 Å². The lowest BCUT2D eigenvalue weighted by molar-refractivity contribution is -0.156. The van der Waals surface area contributed by atoms with Crippen LogP contribution in [0.1, 0.15) is 103 Å². The molecule has 1 aromatic carbocycles. The number of carbonyl (C=O) groups excluding carboxylic acids is 5. The Labute approximate surface area is 413 Å². The molecule has 0 saturated carbocycles. The minimum Gasteiger partial charge on any atom is -0.464 e. The summed E-state index contributed by atoms with van der Waals surface area (Å²) in [5.41, 5.74) is 10.0. The summed E-state index contributed by atoms with van der Waals surface area (Å²) in [6, 6.07) is 7.98. The number of fused-ring (bicyclic) bond motifs is 6. The van der Waals surface area contributed by atoms with E-state index in [0.29, 0.717) is 84.5 Å². The topological polar surface area (TPSA) is 162 Å². The lowest BCUT2D eigenvalue weighted by Gasteiger charge is -2.47. The van der Waals surface area contributed by atoms with Gasteiger partial charge in [0.25, 0.3) is 5.91 Å². The molecule has 0 radical (unpaired) electrons. The highest BCUT2D eigenvalue weighted by Crippen LogP contribution is 2.42. The molecule has 8 rings (SSSR count). The molecular weight excluding hydrogens is 887 g/mol. The number of likely N-dealkylation sites (N-methyl/N-ethyl adjacent to an activating group) is 1. The van der Waals surface area contributed by atoms with E-state index >= 15 is 0 Å². The number of pyridine rings is 1. The molecule has 4 atom stereocenters. The number of hydrazine groups is 1. The molecule has 70 heavy (non-hydrogen) atoms. The van der Waals surface area contributed by atoms with E-state index in [9.17, 15) is 24.0 Å². The fraction of sp³-hybridized carbons (Fsp3) is 0.593. The molecule has 2 N–H and O–H groups in total. The summed E-state index contributed by atoms with van der Waals surface area (Å²) in [7, 11) is 1.65. The Morgan fingerprint density at radius 3 is 2.53 bits per heavy atom. The number of esters is 1. The van der Waals surface area contributed by atoms with Crippen molar-refractivity contribution in [2.75, 3.05) is 72.6 Å². The standard InChI is InChI=1S/C54H75N9O7/c1-10-45(64)61-27-28-70-54(33-61)20-25-60(26-21-54)52(68)58(9)47(36(5)6)49(65)56-43-32-59-23-13-15-38(31-59)37-18-19-44-40(29-37)41(48(62(44)11-2)39-16-12-22-55-46(39)35(3)4)30-53(7,8)34-69-51(67)42-17-14-24-63(57-42)50(43)66/h10,12,15-16,18-19,22,29,35-36,42-43,47,57H,1,11,13-14,17,20-21,23-28,30-34H2,2-9H3,(H,56,65)/t42-,43-,47-/m0/s1. The van der Waals surface area contributed by atoms with Gasteiger partial charge < -0.3 is 34.1 Å². The molecule has 5 amide bonds. The molecule has 1 unspecified atom stereocenters. The number of amides is 5. The van der Waals surface area contributed by atoms with Gasteiger partial charge in [-0.3, -0.25) is 34.1 Å². The van der Waals surface area contributed by atoms with E-state index in [1.165, 1.54) is 21.5 Å². The van der Waals surface area contributed by atoms with Crippen molar-refractivity contribution in [2.24, 2.45) is 11.3 Å². The first-order chi connectivity index (χ1) is 33.4. The van der Waals surface area contributed by atoms with Crippen LogP contribution >= 0.6 is 0 Å². The predicted octanol–water partition coefficient (Wildman–Crippen LogP) is 6.00. The number of aryl methyl sites for hydroxylation is 1. The number of benzene rings is 1. The molecule has 0 aliphatic carbocycles. The number of rotatable bonds is 8. The van der Waals surface area contributed by atoms with Crippen LogP contribution in [0, 0.1) is 11.3 Å². The maximum absolute atomic E-state index is 14.8. The number of urea groups is 1. The number of ether oxygens (including phenoxy) is 2. The number of hydrogen-bond acceptors (Lipinski definition) is 10. The van der Waals surface area contributed by atoms with Crippen LogP contribution in [0.4, 0.5) is 4.79 Å². The summed E-state index contributed by atoms with van der Waals surface area (Å²) in [6.07, 6.45) is 9.04. The van der Waals surface area contributed by atoms with Crippen LogP contribution in [0.25, 0.3) is 27.7 Å². The average molecular weight is 962 g/mol. The third-order valence-electron chi connectivity index (χ3n) is 15.1. The highest BCUT2D eigenvalue weighted by atomic mass is 16.5. The SMILES string of the molecule is C=CC(=O)N1CCOC2(CCN(C(=O)N(C)[C@H](C(=O)N[C@H]3CN4CCC=C(C4)c4ccc5c(c4)c(c(-c4cccnc4C(C)C)n5CC)CC(C)(C)COC(=O)[C@@H]4CCCN(N4)C3=O)C(C)C)CC2)C1. The normalized spacial score (nSPS) is 23.4. The Morgan fingerprint density at radius 1 is 1.04 bits per heavy atom. The third-order valence-corrected chi connectivity index (χ3v) is 15.1. The van der Waals surface area contributed by atoms with Crippen molar-refractivity contribution in [3.63, 3.8) is 0 Å².